The molecule has 3 aromatic rings. The maximum atomic E-state index is 14.7. The van der Waals surface area contributed by atoms with Gasteiger partial charge in [0, 0.05) is 37.2 Å². The number of benzene rings is 2. The fraction of sp³-hybridized carbons (Fsp3) is 0.208. The van der Waals surface area contributed by atoms with Gasteiger partial charge in [0.1, 0.15) is 16.8 Å². The molecule has 0 fully saturated rings. The molecule has 0 saturated carbocycles. The Labute approximate surface area is 184 Å². The normalized spacial score (nSPS) is 10.7. The lowest BCUT2D eigenvalue weighted by molar-refractivity contribution is -0.118. The van der Waals surface area contributed by atoms with Gasteiger partial charge >= 0.3 is 0 Å². The Kier molecular flexibility index (Phi) is 7.13. The van der Waals surface area contributed by atoms with Crippen molar-refractivity contribution < 1.29 is 18.4 Å². The Balaban J connectivity index is 1.75. The Hall–Kier alpha value is -3.12. The van der Waals surface area contributed by atoms with Crippen molar-refractivity contribution in [1.82, 2.24) is 4.98 Å². The molecule has 31 heavy (non-hydrogen) atoms. The first kappa shape index (κ1) is 22.6. The number of Topliss-reactive ketones (excluding diaryl/α,β-unsaturated/α-hetero) is 1. The van der Waals surface area contributed by atoms with Crippen molar-refractivity contribution in [2.75, 3.05) is 11.9 Å². The van der Waals surface area contributed by atoms with Crippen LogP contribution in [0.4, 0.5) is 14.5 Å². The van der Waals surface area contributed by atoms with Gasteiger partial charge in [0.05, 0.1) is 5.69 Å². The van der Waals surface area contributed by atoms with Crippen LogP contribution in [-0.2, 0) is 11.2 Å². The van der Waals surface area contributed by atoms with Crippen molar-refractivity contribution >= 4 is 29.0 Å². The summed E-state index contributed by atoms with van der Waals surface area (Å²) >= 11 is 5.75. The number of aryl methyl sites for hydroxylation is 1. The van der Waals surface area contributed by atoms with E-state index in [0.29, 0.717) is 17.1 Å². The lowest BCUT2D eigenvalue weighted by Crippen LogP contribution is -2.25. The number of carbonyl (C=O) groups is 2. The highest BCUT2D eigenvalue weighted by Gasteiger charge is 2.16. The molecule has 3 rings (SSSR count). The van der Waals surface area contributed by atoms with Crippen LogP contribution in [0.25, 0.3) is 11.1 Å². The average molecular weight is 443 g/mol. The molecular formula is C24H21ClF2N2O2. The number of pyridine rings is 1. The van der Waals surface area contributed by atoms with Crippen LogP contribution >= 0.6 is 11.6 Å². The van der Waals surface area contributed by atoms with Gasteiger partial charge in [-0.15, -0.1) is 0 Å². The standard InChI is InChI=1S/C24H21ClF2N2O2/c1-3-24(31)29(2)21-9-7-16(12-20(21)27)18-8-6-17(13-19(18)26)22(30)10-4-15-5-11-23(25)28-14-15/h5-9,11-14H,3-4,10H2,1-2H3. The van der Waals surface area contributed by atoms with E-state index in [9.17, 15) is 18.4 Å². The number of anilines is 1. The summed E-state index contributed by atoms with van der Waals surface area (Å²) in [6.07, 6.45) is 2.51. The second-order valence-corrected chi connectivity index (χ2v) is 7.47. The molecule has 160 valence electrons. The second kappa shape index (κ2) is 9.79. The van der Waals surface area contributed by atoms with E-state index in [4.69, 9.17) is 11.6 Å². The lowest BCUT2D eigenvalue weighted by Gasteiger charge is -2.18. The zero-order chi connectivity index (χ0) is 22.5. The number of aromatic nitrogens is 1. The van der Waals surface area contributed by atoms with E-state index in [1.54, 1.807) is 31.3 Å². The van der Waals surface area contributed by atoms with E-state index in [1.165, 1.54) is 36.2 Å². The fourth-order valence-electron chi connectivity index (χ4n) is 3.20. The summed E-state index contributed by atoms with van der Waals surface area (Å²) in [5.41, 5.74) is 1.72. The first-order valence-electron chi connectivity index (χ1n) is 9.79. The number of hydrogen-bond acceptors (Lipinski definition) is 3. The van der Waals surface area contributed by atoms with Gasteiger partial charge in [-0.05, 0) is 41.8 Å². The molecule has 1 aromatic heterocycles. The number of nitrogens with zero attached hydrogens (tertiary/aromatic N) is 2. The summed E-state index contributed by atoms with van der Waals surface area (Å²) in [6.45, 7) is 1.69. The quantitative estimate of drug-likeness (QED) is 0.339. The van der Waals surface area contributed by atoms with Gasteiger partial charge in [-0.2, -0.15) is 0 Å². The van der Waals surface area contributed by atoms with Gasteiger partial charge in [-0.1, -0.05) is 42.8 Å². The van der Waals surface area contributed by atoms with Crippen LogP contribution < -0.4 is 4.90 Å². The van der Waals surface area contributed by atoms with Gasteiger partial charge in [-0.25, -0.2) is 13.8 Å². The van der Waals surface area contributed by atoms with Crippen LogP contribution in [0.3, 0.4) is 0 Å². The summed E-state index contributed by atoms with van der Waals surface area (Å²) in [5, 5.41) is 0.376. The molecule has 0 radical (unpaired) electrons. The highest BCUT2D eigenvalue weighted by molar-refractivity contribution is 6.29. The largest absolute Gasteiger partial charge is 0.313 e. The summed E-state index contributed by atoms with van der Waals surface area (Å²) in [6, 6.07) is 11.8. The van der Waals surface area contributed by atoms with Gasteiger partial charge in [0.25, 0.3) is 0 Å². The fourth-order valence-corrected chi connectivity index (χ4v) is 3.31. The molecule has 0 unspecified atom stereocenters. The number of amides is 1. The summed E-state index contributed by atoms with van der Waals surface area (Å²) in [4.78, 5) is 29.4. The molecule has 0 spiro atoms. The average Bonchev–Trinajstić information content (AvgIpc) is 2.77. The monoisotopic (exact) mass is 442 g/mol. The highest BCUT2D eigenvalue weighted by Crippen LogP contribution is 2.29. The Morgan fingerprint density at radius 3 is 2.42 bits per heavy atom. The maximum absolute atomic E-state index is 14.7. The molecule has 0 aliphatic rings. The van der Waals surface area contributed by atoms with Crippen LogP contribution in [0, 0.1) is 11.6 Å². The number of halogens is 3. The lowest BCUT2D eigenvalue weighted by atomic mass is 9.99. The SMILES string of the molecule is CCC(=O)N(C)c1ccc(-c2ccc(C(=O)CCc3ccc(Cl)nc3)cc2F)cc1F. The molecule has 2 aromatic carbocycles. The molecule has 4 nitrogen and oxygen atoms in total. The summed E-state index contributed by atoms with van der Waals surface area (Å²) in [5.74, 6) is -1.68. The molecule has 0 bridgehead atoms. The van der Waals surface area contributed by atoms with Crippen molar-refractivity contribution in [1.29, 1.82) is 0 Å². The molecule has 1 heterocycles. The molecule has 1 amide bonds. The van der Waals surface area contributed by atoms with Gasteiger partial charge in [0.2, 0.25) is 5.91 Å². The van der Waals surface area contributed by atoms with E-state index in [0.717, 1.165) is 11.6 Å². The molecule has 0 aliphatic carbocycles. The minimum atomic E-state index is -0.627. The zero-order valence-corrected chi connectivity index (χ0v) is 17.9. The Morgan fingerprint density at radius 1 is 1.03 bits per heavy atom. The third-order valence-corrected chi connectivity index (χ3v) is 5.24. The van der Waals surface area contributed by atoms with Crippen molar-refractivity contribution in [3.63, 3.8) is 0 Å². The first-order valence-corrected chi connectivity index (χ1v) is 10.2. The Bertz CT molecular complexity index is 1120. The van der Waals surface area contributed by atoms with Crippen LogP contribution in [0.5, 0.6) is 0 Å². The molecule has 0 saturated heterocycles. The van der Waals surface area contributed by atoms with Gasteiger partial charge < -0.3 is 4.90 Å². The number of rotatable bonds is 7. The summed E-state index contributed by atoms with van der Waals surface area (Å²) < 4.78 is 29.2. The van der Waals surface area contributed by atoms with Crippen LogP contribution in [0.2, 0.25) is 5.15 Å². The molecule has 7 heteroatoms. The van der Waals surface area contributed by atoms with E-state index < -0.39 is 11.6 Å². The second-order valence-electron chi connectivity index (χ2n) is 7.08. The smallest absolute Gasteiger partial charge is 0.226 e. The topological polar surface area (TPSA) is 50.3 Å². The minimum Gasteiger partial charge on any atom is -0.313 e. The van der Waals surface area contributed by atoms with Crippen molar-refractivity contribution in [2.24, 2.45) is 0 Å². The summed E-state index contributed by atoms with van der Waals surface area (Å²) in [7, 11) is 1.49. The van der Waals surface area contributed by atoms with Crippen molar-refractivity contribution in [3.05, 3.63) is 82.6 Å². The zero-order valence-electron chi connectivity index (χ0n) is 17.2. The third kappa shape index (κ3) is 5.33. The van der Waals surface area contributed by atoms with E-state index in [-0.39, 0.29) is 41.3 Å². The van der Waals surface area contributed by atoms with E-state index >= 15 is 0 Å². The minimum absolute atomic E-state index is 0.125. The van der Waals surface area contributed by atoms with Gasteiger partial charge in [0.15, 0.2) is 5.78 Å². The molecule has 0 N–H and O–H groups in total. The number of carbonyl (C=O) groups excluding carboxylic acids is 2. The van der Waals surface area contributed by atoms with Crippen LogP contribution in [-0.4, -0.2) is 23.7 Å². The van der Waals surface area contributed by atoms with E-state index in [1.807, 2.05) is 0 Å². The molecule has 0 atom stereocenters. The van der Waals surface area contributed by atoms with E-state index in [2.05, 4.69) is 4.98 Å². The number of ketones is 1. The first-order chi connectivity index (χ1) is 14.8. The maximum Gasteiger partial charge on any atom is 0.226 e. The predicted octanol–water partition coefficient (Wildman–Crippen LogP) is 5.87. The van der Waals surface area contributed by atoms with Crippen molar-refractivity contribution in [2.45, 2.75) is 26.2 Å². The van der Waals surface area contributed by atoms with Crippen LogP contribution in [0.1, 0.15) is 35.7 Å². The number of hydrogen-bond donors (Lipinski definition) is 0. The molecular weight excluding hydrogens is 422 g/mol. The highest BCUT2D eigenvalue weighted by atomic mass is 35.5. The Morgan fingerprint density at radius 2 is 1.81 bits per heavy atom. The van der Waals surface area contributed by atoms with Crippen LogP contribution in [0.15, 0.2) is 54.7 Å². The third-order valence-electron chi connectivity index (χ3n) is 5.02. The van der Waals surface area contributed by atoms with Crippen molar-refractivity contribution in [3.8, 4) is 11.1 Å². The van der Waals surface area contributed by atoms with Gasteiger partial charge in [-0.3, -0.25) is 9.59 Å². The molecule has 0 aliphatic heterocycles. The predicted molar refractivity (Wildman–Crippen MR) is 117 cm³/mol.